The van der Waals surface area contributed by atoms with E-state index in [1.165, 1.54) is 42.7 Å². The zero-order valence-corrected chi connectivity index (χ0v) is 19.3. The topological polar surface area (TPSA) is 101 Å². The van der Waals surface area contributed by atoms with Crippen molar-refractivity contribution in [3.63, 3.8) is 0 Å². The van der Waals surface area contributed by atoms with E-state index >= 15 is 0 Å². The Morgan fingerprint density at radius 2 is 2.00 bits per heavy atom. The lowest BCUT2D eigenvalue weighted by atomic mass is 9.97. The minimum absolute atomic E-state index is 0.00870. The number of carbonyl (C=O) groups is 2. The SMILES string of the molecule is O=C(CSc1ccc(C(=O)Nc2ccc(Cl)cc2F)cc1[N+](=O)[O-])NCCC1=CCCCC1. The minimum Gasteiger partial charge on any atom is -0.355 e. The summed E-state index contributed by atoms with van der Waals surface area (Å²) >= 11 is 6.72. The van der Waals surface area contributed by atoms with Crippen LogP contribution < -0.4 is 10.6 Å². The van der Waals surface area contributed by atoms with Crippen molar-refractivity contribution in [2.75, 3.05) is 17.6 Å². The summed E-state index contributed by atoms with van der Waals surface area (Å²) in [4.78, 5) is 35.8. The molecule has 0 bridgehead atoms. The largest absolute Gasteiger partial charge is 0.355 e. The fourth-order valence-electron chi connectivity index (χ4n) is 3.40. The molecule has 7 nitrogen and oxygen atoms in total. The van der Waals surface area contributed by atoms with Gasteiger partial charge in [0.25, 0.3) is 11.6 Å². The Kier molecular flexibility index (Phi) is 8.85. The van der Waals surface area contributed by atoms with Crippen molar-refractivity contribution in [2.24, 2.45) is 0 Å². The van der Waals surface area contributed by atoms with E-state index in [1.807, 2.05) is 0 Å². The molecule has 33 heavy (non-hydrogen) atoms. The summed E-state index contributed by atoms with van der Waals surface area (Å²) in [6.07, 6.45) is 7.60. The maximum absolute atomic E-state index is 13.9. The monoisotopic (exact) mass is 491 g/mol. The number of hydrogen-bond acceptors (Lipinski definition) is 5. The van der Waals surface area contributed by atoms with Gasteiger partial charge in [0.1, 0.15) is 5.82 Å². The summed E-state index contributed by atoms with van der Waals surface area (Å²) in [5.41, 5.74) is 0.957. The molecule has 0 atom stereocenters. The van der Waals surface area contributed by atoms with Crippen LogP contribution in [-0.4, -0.2) is 29.0 Å². The first-order chi connectivity index (χ1) is 15.8. The molecule has 2 aromatic rings. The number of benzene rings is 2. The minimum atomic E-state index is -0.719. The molecule has 0 radical (unpaired) electrons. The second-order valence-electron chi connectivity index (χ2n) is 7.51. The first-order valence-electron chi connectivity index (χ1n) is 10.5. The van der Waals surface area contributed by atoms with E-state index in [4.69, 9.17) is 11.6 Å². The van der Waals surface area contributed by atoms with Gasteiger partial charge in [0.05, 0.1) is 21.3 Å². The van der Waals surface area contributed by atoms with E-state index in [0.29, 0.717) is 6.54 Å². The van der Waals surface area contributed by atoms with Gasteiger partial charge in [0.15, 0.2) is 0 Å². The van der Waals surface area contributed by atoms with E-state index in [1.54, 1.807) is 0 Å². The molecule has 0 unspecified atom stereocenters. The molecule has 1 aliphatic rings. The average Bonchev–Trinajstić information content (AvgIpc) is 2.80. The molecule has 0 heterocycles. The molecule has 2 N–H and O–H groups in total. The first kappa shape index (κ1) is 24.7. The molecule has 0 fully saturated rings. The second-order valence-corrected chi connectivity index (χ2v) is 8.97. The van der Waals surface area contributed by atoms with E-state index in [2.05, 4.69) is 16.7 Å². The molecule has 0 aliphatic heterocycles. The Morgan fingerprint density at radius 1 is 1.18 bits per heavy atom. The molecule has 0 spiro atoms. The van der Waals surface area contributed by atoms with Gasteiger partial charge in [-0.2, -0.15) is 0 Å². The van der Waals surface area contributed by atoms with Crippen molar-refractivity contribution < 1.29 is 18.9 Å². The molecule has 2 amide bonds. The van der Waals surface area contributed by atoms with E-state index in [9.17, 15) is 24.1 Å². The first-order valence-corrected chi connectivity index (χ1v) is 11.8. The summed E-state index contributed by atoms with van der Waals surface area (Å²) < 4.78 is 13.9. The lowest BCUT2D eigenvalue weighted by Crippen LogP contribution is -2.26. The summed E-state index contributed by atoms with van der Waals surface area (Å²) in [6, 6.07) is 7.69. The summed E-state index contributed by atoms with van der Waals surface area (Å²) in [6.45, 7) is 0.535. The quantitative estimate of drug-likeness (QED) is 0.201. The van der Waals surface area contributed by atoms with Crippen molar-refractivity contribution in [2.45, 2.75) is 37.0 Å². The maximum atomic E-state index is 13.9. The van der Waals surface area contributed by atoms with Crippen LogP contribution >= 0.6 is 23.4 Å². The average molecular weight is 492 g/mol. The van der Waals surface area contributed by atoms with Crippen LogP contribution in [0.5, 0.6) is 0 Å². The lowest BCUT2D eigenvalue weighted by Gasteiger charge is -2.13. The fraction of sp³-hybridized carbons (Fsp3) is 0.304. The summed E-state index contributed by atoms with van der Waals surface area (Å²) in [5.74, 6) is -1.62. The molecular weight excluding hydrogens is 469 g/mol. The normalized spacial score (nSPS) is 13.2. The third kappa shape index (κ3) is 7.30. The van der Waals surface area contributed by atoms with E-state index in [0.717, 1.165) is 43.2 Å². The number of halogens is 2. The molecule has 3 rings (SSSR count). The molecule has 1 aliphatic carbocycles. The summed E-state index contributed by atoms with van der Waals surface area (Å²) in [7, 11) is 0. The van der Waals surface area contributed by atoms with Gasteiger partial charge in [-0.3, -0.25) is 19.7 Å². The number of anilines is 1. The van der Waals surface area contributed by atoms with Crippen LogP contribution in [0.3, 0.4) is 0 Å². The standard InChI is InChI=1S/C23H23ClFN3O4S/c24-17-7-8-19(18(25)13-17)27-23(30)16-6-9-21(20(12-16)28(31)32)33-14-22(29)26-11-10-15-4-2-1-3-5-15/h4,6-9,12-13H,1-3,5,10-11,14H2,(H,26,29)(H,27,30). The van der Waals surface area contributed by atoms with Gasteiger partial charge < -0.3 is 10.6 Å². The van der Waals surface area contributed by atoms with Crippen LogP contribution in [0.4, 0.5) is 15.8 Å². The number of amides is 2. The highest BCUT2D eigenvalue weighted by atomic mass is 35.5. The van der Waals surface area contributed by atoms with Crippen molar-refractivity contribution in [3.05, 3.63) is 74.6 Å². The Labute approximate surface area is 199 Å². The third-order valence-electron chi connectivity index (χ3n) is 5.11. The zero-order chi connectivity index (χ0) is 23.8. The highest BCUT2D eigenvalue weighted by Crippen LogP contribution is 2.30. The number of thioether (sulfide) groups is 1. The van der Waals surface area contributed by atoms with Crippen LogP contribution in [0.25, 0.3) is 0 Å². The van der Waals surface area contributed by atoms with E-state index in [-0.39, 0.29) is 38.5 Å². The number of nitrogens with one attached hydrogen (secondary N) is 2. The number of nitro benzene ring substituents is 1. The third-order valence-corrected chi connectivity index (χ3v) is 6.41. The van der Waals surface area contributed by atoms with Crippen molar-refractivity contribution >= 4 is 46.6 Å². The van der Waals surface area contributed by atoms with Gasteiger partial charge in [-0.25, -0.2) is 4.39 Å². The van der Waals surface area contributed by atoms with Crippen LogP contribution in [0, 0.1) is 15.9 Å². The van der Waals surface area contributed by atoms with Gasteiger partial charge in [0, 0.05) is 23.2 Å². The molecular formula is C23H23ClFN3O4S. The Bertz CT molecular complexity index is 1090. The van der Waals surface area contributed by atoms with Gasteiger partial charge in [-0.15, -0.1) is 11.8 Å². The number of nitro groups is 1. The van der Waals surface area contributed by atoms with Gasteiger partial charge in [0.2, 0.25) is 5.91 Å². The maximum Gasteiger partial charge on any atom is 0.283 e. The highest BCUT2D eigenvalue weighted by molar-refractivity contribution is 8.00. The van der Waals surface area contributed by atoms with Gasteiger partial charge in [-0.05, 0) is 62.4 Å². The van der Waals surface area contributed by atoms with Crippen molar-refractivity contribution in [1.29, 1.82) is 0 Å². The molecule has 0 saturated carbocycles. The fourth-order valence-corrected chi connectivity index (χ4v) is 4.39. The van der Waals surface area contributed by atoms with Crippen molar-refractivity contribution in [1.82, 2.24) is 5.32 Å². The number of allylic oxidation sites excluding steroid dienone is 1. The van der Waals surface area contributed by atoms with Crippen LogP contribution in [-0.2, 0) is 4.79 Å². The highest BCUT2D eigenvalue weighted by Gasteiger charge is 2.20. The summed E-state index contributed by atoms with van der Waals surface area (Å²) in [5, 5.41) is 16.9. The molecule has 10 heteroatoms. The Balaban J connectivity index is 1.58. The van der Waals surface area contributed by atoms with Crippen molar-refractivity contribution in [3.8, 4) is 0 Å². The second kappa shape index (κ2) is 11.8. The van der Waals surface area contributed by atoms with Crippen LogP contribution in [0.2, 0.25) is 5.02 Å². The number of nitrogens with zero attached hydrogens (tertiary/aromatic N) is 1. The predicted octanol–water partition coefficient (Wildman–Crippen LogP) is 5.74. The molecule has 174 valence electrons. The van der Waals surface area contributed by atoms with Crippen LogP contribution in [0.15, 0.2) is 52.9 Å². The number of rotatable bonds is 9. The smallest absolute Gasteiger partial charge is 0.283 e. The molecule has 0 aromatic heterocycles. The molecule has 0 saturated heterocycles. The molecule has 2 aromatic carbocycles. The van der Waals surface area contributed by atoms with Crippen LogP contribution in [0.1, 0.15) is 42.5 Å². The van der Waals surface area contributed by atoms with Gasteiger partial charge >= 0.3 is 0 Å². The predicted molar refractivity (Wildman–Crippen MR) is 127 cm³/mol. The number of carbonyl (C=O) groups excluding carboxylic acids is 2. The number of hydrogen-bond donors (Lipinski definition) is 2. The zero-order valence-electron chi connectivity index (χ0n) is 17.7. The lowest BCUT2D eigenvalue weighted by molar-refractivity contribution is -0.387. The Morgan fingerprint density at radius 3 is 2.70 bits per heavy atom. The Hall–Kier alpha value is -2.91. The van der Waals surface area contributed by atoms with E-state index < -0.39 is 16.6 Å². The van der Waals surface area contributed by atoms with Gasteiger partial charge in [-0.1, -0.05) is 23.3 Å².